The molecule has 0 aromatic heterocycles. The lowest BCUT2D eigenvalue weighted by Crippen LogP contribution is -2.39. The number of nitrogens with zero attached hydrogens (tertiary/aromatic N) is 3. The molecule has 2 rings (SSSR count). The number of amides is 1. The molecule has 112 valence electrons. The Kier molecular flexibility index (Phi) is 4.15. The van der Waals surface area contributed by atoms with Crippen LogP contribution in [0.25, 0.3) is 0 Å². The van der Waals surface area contributed by atoms with Crippen LogP contribution in [0.3, 0.4) is 0 Å². The van der Waals surface area contributed by atoms with Gasteiger partial charge in [-0.3, -0.25) is 25.0 Å². The first kappa shape index (κ1) is 14.9. The molecule has 1 unspecified atom stereocenters. The van der Waals surface area contributed by atoms with E-state index in [1.54, 1.807) is 4.90 Å². The number of nitro groups is 2. The minimum Gasteiger partial charge on any atom is -0.338 e. The van der Waals surface area contributed by atoms with E-state index < -0.39 is 27.1 Å². The molecule has 1 fully saturated rings. The molecule has 8 heteroatoms. The quantitative estimate of drug-likeness (QED) is 0.628. The number of hydrogen-bond donors (Lipinski definition) is 0. The SMILES string of the molecule is CC1CCCN(C(=O)c2ccc([N+](=O)[O-])cc2[N+](=O)[O-])C1. The van der Waals surface area contributed by atoms with Gasteiger partial charge in [0.15, 0.2) is 0 Å². The van der Waals surface area contributed by atoms with Crippen LogP contribution in [0.4, 0.5) is 11.4 Å². The molecule has 8 nitrogen and oxygen atoms in total. The van der Waals surface area contributed by atoms with Gasteiger partial charge in [-0.15, -0.1) is 0 Å². The van der Waals surface area contributed by atoms with E-state index in [1.165, 1.54) is 0 Å². The molecule has 1 atom stereocenters. The molecule has 1 saturated heterocycles. The Morgan fingerprint density at radius 3 is 2.57 bits per heavy atom. The highest BCUT2D eigenvalue weighted by Gasteiger charge is 2.29. The first-order chi connectivity index (χ1) is 9.90. The molecule has 1 heterocycles. The summed E-state index contributed by atoms with van der Waals surface area (Å²) < 4.78 is 0. The predicted octanol–water partition coefficient (Wildman–Crippen LogP) is 2.38. The number of benzene rings is 1. The Morgan fingerprint density at radius 2 is 2.00 bits per heavy atom. The van der Waals surface area contributed by atoms with E-state index in [9.17, 15) is 25.0 Å². The van der Waals surface area contributed by atoms with Crippen molar-refractivity contribution in [1.29, 1.82) is 0 Å². The van der Waals surface area contributed by atoms with Crippen molar-refractivity contribution in [2.45, 2.75) is 19.8 Å². The minimum atomic E-state index is -0.756. The number of carbonyl (C=O) groups is 1. The van der Waals surface area contributed by atoms with Gasteiger partial charge in [0.2, 0.25) is 0 Å². The van der Waals surface area contributed by atoms with E-state index in [0.717, 1.165) is 31.0 Å². The Balaban J connectivity index is 2.36. The molecular weight excluding hydrogens is 278 g/mol. The molecule has 1 aliphatic heterocycles. The number of likely N-dealkylation sites (tertiary alicyclic amines) is 1. The molecule has 0 bridgehead atoms. The van der Waals surface area contributed by atoms with Crippen molar-refractivity contribution in [2.75, 3.05) is 13.1 Å². The molecule has 0 saturated carbocycles. The Bertz CT molecular complexity index is 601. The smallest absolute Gasteiger partial charge is 0.289 e. The standard InChI is InChI=1S/C13H15N3O5/c1-9-3-2-6-14(8-9)13(17)11-5-4-10(15(18)19)7-12(11)16(20)21/h4-5,7,9H,2-3,6,8H2,1H3. The van der Waals surface area contributed by atoms with Crippen molar-refractivity contribution < 1.29 is 14.6 Å². The third kappa shape index (κ3) is 3.15. The summed E-state index contributed by atoms with van der Waals surface area (Å²) in [6.45, 7) is 3.12. The van der Waals surface area contributed by atoms with Crippen LogP contribution >= 0.6 is 0 Å². The van der Waals surface area contributed by atoms with E-state index in [0.29, 0.717) is 19.0 Å². The molecule has 1 aromatic rings. The largest absolute Gasteiger partial charge is 0.338 e. The molecule has 1 aliphatic rings. The lowest BCUT2D eigenvalue weighted by Gasteiger charge is -2.30. The van der Waals surface area contributed by atoms with Gasteiger partial charge >= 0.3 is 0 Å². The van der Waals surface area contributed by atoms with E-state index in [2.05, 4.69) is 0 Å². The number of hydrogen-bond acceptors (Lipinski definition) is 5. The lowest BCUT2D eigenvalue weighted by atomic mass is 9.99. The summed E-state index contributed by atoms with van der Waals surface area (Å²) >= 11 is 0. The number of carbonyl (C=O) groups excluding carboxylic acids is 1. The van der Waals surface area contributed by atoms with Crippen molar-refractivity contribution in [2.24, 2.45) is 5.92 Å². The van der Waals surface area contributed by atoms with Crippen LogP contribution in [-0.2, 0) is 0 Å². The first-order valence-electron chi connectivity index (χ1n) is 6.62. The van der Waals surface area contributed by atoms with Crippen molar-refractivity contribution in [3.05, 3.63) is 44.0 Å². The van der Waals surface area contributed by atoms with Crippen LogP contribution < -0.4 is 0 Å². The number of nitro benzene ring substituents is 2. The third-order valence-electron chi connectivity index (χ3n) is 3.56. The maximum atomic E-state index is 12.4. The van der Waals surface area contributed by atoms with Crippen LogP contribution in [0.2, 0.25) is 0 Å². The van der Waals surface area contributed by atoms with Gasteiger partial charge in [0.25, 0.3) is 17.3 Å². The van der Waals surface area contributed by atoms with Crippen LogP contribution in [0.15, 0.2) is 18.2 Å². The Morgan fingerprint density at radius 1 is 1.29 bits per heavy atom. The summed E-state index contributed by atoms with van der Waals surface area (Å²) in [5.41, 5.74) is -1.02. The van der Waals surface area contributed by atoms with Crippen LogP contribution in [0.5, 0.6) is 0 Å². The molecule has 1 aromatic carbocycles. The number of piperidine rings is 1. The highest BCUT2D eigenvalue weighted by molar-refractivity contribution is 5.98. The fourth-order valence-corrected chi connectivity index (χ4v) is 2.51. The fourth-order valence-electron chi connectivity index (χ4n) is 2.51. The van der Waals surface area contributed by atoms with Crippen LogP contribution in [0.1, 0.15) is 30.1 Å². The highest BCUT2D eigenvalue weighted by atomic mass is 16.6. The highest BCUT2D eigenvalue weighted by Crippen LogP contribution is 2.27. The van der Waals surface area contributed by atoms with Gasteiger partial charge in [-0.2, -0.15) is 0 Å². The summed E-state index contributed by atoms with van der Waals surface area (Å²) in [6, 6.07) is 3.12. The van der Waals surface area contributed by atoms with Crippen molar-refractivity contribution >= 4 is 17.3 Å². The van der Waals surface area contributed by atoms with Crippen molar-refractivity contribution in [3.8, 4) is 0 Å². The average Bonchev–Trinajstić information content (AvgIpc) is 2.45. The molecular formula is C13H15N3O5. The second kappa shape index (κ2) is 5.86. The van der Waals surface area contributed by atoms with Gasteiger partial charge in [0.05, 0.1) is 15.9 Å². The maximum Gasteiger partial charge on any atom is 0.289 e. The number of non-ortho nitro benzene ring substituents is 1. The van der Waals surface area contributed by atoms with Crippen LogP contribution in [0, 0.1) is 26.1 Å². The summed E-state index contributed by atoms with van der Waals surface area (Å²) in [7, 11) is 0. The summed E-state index contributed by atoms with van der Waals surface area (Å²) in [5, 5.41) is 21.7. The fraction of sp³-hybridized carbons (Fsp3) is 0.462. The van der Waals surface area contributed by atoms with E-state index in [4.69, 9.17) is 0 Å². The van der Waals surface area contributed by atoms with E-state index >= 15 is 0 Å². The summed E-state index contributed by atoms with van der Waals surface area (Å²) in [4.78, 5) is 34.3. The summed E-state index contributed by atoms with van der Waals surface area (Å²) in [6.07, 6.45) is 1.87. The Hall–Kier alpha value is -2.51. The molecule has 1 amide bonds. The molecule has 0 spiro atoms. The summed E-state index contributed by atoms with van der Waals surface area (Å²) in [5.74, 6) is -0.0945. The third-order valence-corrected chi connectivity index (χ3v) is 3.56. The zero-order chi connectivity index (χ0) is 15.6. The monoisotopic (exact) mass is 293 g/mol. The van der Waals surface area contributed by atoms with E-state index in [-0.39, 0.29) is 5.56 Å². The zero-order valence-corrected chi connectivity index (χ0v) is 11.5. The number of rotatable bonds is 3. The van der Waals surface area contributed by atoms with Crippen molar-refractivity contribution in [3.63, 3.8) is 0 Å². The molecule has 0 radical (unpaired) electrons. The predicted molar refractivity (Wildman–Crippen MR) is 74.1 cm³/mol. The lowest BCUT2D eigenvalue weighted by molar-refractivity contribution is -0.394. The van der Waals surface area contributed by atoms with Gasteiger partial charge < -0.3 is 4.90 Å². The van der Waals surface area contributed by atoms with Gasteiger partial charge in [-0.05, 0) is 24.8 Å². The molecule has 0 N–H and O–H groups in total. The molecule has 21 heavy (non-hydrogen) atoms. The van der Waals surface area contributed by atoms with Gasteiger partial charge in [-0.1, -0.05) is 6.92 Å². The van der Waals surface area contributed by atoms with Gasteiger partial charge in [-0.25, -0.2) is 0 Å². The van der Waals surface area contributed by atoms with Gasteiger partial charge in [0, 0.05) is 19.2 Å². The normalized spacial score (nSPS) is 18.3. The second-order valence-corrected chi connectivity index (χ2v) is 5.21. The second-order valence-electron chi connectivity index (χ2n) is 5.21. The van der Waals surface area contributed by atoms with Crippen molar-refractivity contribution in [1.82, 2.24) is 4.90 Å². The van der Waals surface area contributed by atoms with Gasteiger partial charge in [0.1, 0.15) is 5.56 Å². The van der Waals surface area contributed by atoms with E-state index in [1.807, 2.05) is 6.92 Å². The molecule has 0 aliphatic carbocycles. The minimum absolute atomic E-state index is 0.0975. The maximum absolute atomic E-state index is 12.4. The first-order valence-corrected chi connectivity index (χ1v) is 6.62. The Labute approximate surface area is 120 Å². The zero-order valence-electron chi connectivity index (χ0n) is 11.5. The van der Waals surface area contributed by atoms with Crippen LogP contribution in [-0.4, -0.2) is 33.7 Å². The topological polar surface area (TPSA) is 107 Å². The average molecular weight is 293 g/mol.